The van der Waals surface area contributed by atoms with Crippen LogP contribution >= 0.6 is 0 Å². The van der Waals surface area contributed by atoms with Gasteiger partial charge in [-0.3, -0.25) is 4.79 Å². The Morgan fingerprint density at radius 2 is 1.61 bits per heavy atom. The Bertz CT molecular complexity index is 1560. The molecule has 4 aromatic rings. The number of halogens is 3. The number of benzene rings is 3. The predicted octanol–water partition coefficient (Wildman–Crippen LogP) is 5.96. The Morgan fingerprint density at radius 1 is 0.886 bits per heavy atom. The average molecular weight is 613 g/mol. The average Bonchev–Trinajstić information content (AvgIpc) is 3.43. The molecule has 0 aliphatic heterocycles. The van der Waals surface area contributed by atoms with Crippen molar-refractivity contribution in [2.24, 2.45) is 0 Å². The van der Waals surface area contributed by atoms with E-state index in [1.165, 1.54) is 31.3 Å². The molecule has 0 fully saturated rings. The lowest BCUT2D eigenvalue weighted by Gasteiger charge is -2.28. The summed E-state index contributed by atoms with van der Waals surface area (Å²) in [7, 11) is 4.54. The number of methoxy groups -OCH3 is 3. The minimum absolute atomic E-state index is 0.0847. The summed E-state index contributed by atoms with van der Waals surface area (Å²) >= 11 is 0. The standard InChI is InChI=1S/C32H35F3N4O5/c1-42-17-16-39(31(41)37-25-11-9-24(10-12-25)32(33,34)35)21-30(40)38(20-22-8-13-28(43-2)29(18-22)44-3)15-14-23-19-36-27-7-5-4-6-26(23)27/h4-13,18-19,36H,14-17,20-21H2,1-3H3,(H,37,41). The summed E-state index contributed by atoms with van der Waals surface area (Å²) < 4.78 is 54.8. The van der Waals surface area contributed by atoms with E-state index in [0.29, 0.717) is 24.5 Å². The number of rotatable bonds is 13. The Morgan fingerprint density at radius 3 is 2.30 bits per heavy atom. The van der Waals surface area contributed by atoms with Crippen LogP contribution in [0.4, 0.5) is 23.7 Å². The largest absolute Gasteiger partial charge is 0.493 e. The zero-order chi connectivity index (χ0) is 31.7. The smallest absolute Gasteiger partial charge is 0.416 e. The maximum Gasteiger partial charge on any atom is 0.416 e. The third kappa shape index (κ3) is 8.22. The molecule has 3 aromatic carbocycles. The summed E-state index contributed by atoms with van der Waals surface area (Å²) in [4.78, 5) is 33.2. The highest BCUT2D eigenvalue weighted by Gasteiger charge is 2.30. The number of H-pyrrole nitrogens is 1. The van der Waals surface area contributed by atoms with Crippen LogP contribution < -0.4 is 14.8 Å². The highest BCUT2D eigenvalue weighted by molar-refractivity contribution is 5.92. The number of fused-ring (bicyclic) bond motifs is 1. The minimum Gasteiger partial charge on any atom is -0.493 e. The minimum atomic E-state index is -4.50. The second-order valence-electron chi connectivity index (χ2n) is 10.0. The van der Waals surface area contributed by atoms with Crippen molar-refractivity contribution < 1.29 is 37.0 Å². The first-order valence-electron chi connectivity index (χ1n) is 13.9. The van der Waals surface area contributed by atoms with Crippen LogP contribution in [0.15, 0.2) is 72.9 Å². The van der Waals surface area contributed by atoms with Crippen LogP contribution in [0.2, 0.25) is 0 Å². The van der Waals surface area contributed by atoms with E-state index < -0.39 is 17.8 Å². The molecule has 1 heterocycles. The van der Waals surface area contributed by atoms with Crippen molar-refractivity contribution in [2.45, 2.75) is 19.1 Å². The number of anilines is 1. The van der Waals surface area contributed by atoms with E-state index in [9.17, 15) is 22.8 Å². The van der Waals surface area contributed by atoms with Gasteiger partial charge >= 0.3 is 12.2 Å². The van der Waals surface area contributed by atoms with Gasteiger partial charge in [-0.15, -0.1) is 0 Å². The van der Waals surface area contributed by atoms with E-state index in [-0.39, 0.29) is 37.8 Å². The van der Waals surface area contributed by atoms with Gasteiger partial charge in [0.15, 0.2) is 11.5 Å². The fraction of sp³-hybridized carbons (Fsp3) is 0.312. The van der Waals surface area contributed by atoms with Gasteiger partial charge in [-0.1, -0.05) is 24.3 Å². The number of nitrogens with zero attached hydrogens (tertiary/aromatic N) is 2. The highest BCUT2D eigenvalue weighted by atomic mass is 19.4. The first-order valence-corrected chi connectivity index (χ1v) is 13.9. The molecule has 0 atom stereocenters. The molecule has 12 heteroatoms. The Labute approximate surface area is 253 Å². The normalized spacial score (nSPS) is 11.3. The van der Waals surface area contributed by atoms with E-state index in [2.05, 4.69) is 10.3 Å². The molecule has 0 unspecified atom stereocenters. The van der Waals surface area contributed by atoms with Crippen molar-refractivity contribution in [2.75, 3.05) is 52.9 Å². The summed E-state index contributed by atoms with van der Waals surface area (Å²) in [5.74, 6) is 0.753. The quantitative estimate of drug-likeness (QED) is 0.194. The third-order valence-electron chi connectivity index (χ3n) is 7.14. The van der Waals surface area contributed by atoms with Crippen molar-refractivity contribution >= 4 is 28.5 Å². The highest BCUT2D eigenvalue weighted by Crippen LogP contribution is 2.30. The van der Waals surface area contributed by atoms with Gasteiger partial charge in [0.1, 0.15) is 6.54 Å². The Balaban J connectivity index is 1.54. The number of aromatic nitrogens is 1. The van der Waals surface area contributed by atoms with Crippen molar-refractivity contribution in [1.29, 1.82) is 0 Å². The molecule has 44 heavy (non-hydrogen) atoms. The molecule has 4 rings (SSSR count). The van der Waals surface area contributed by atoms with Crippen molar-refractivity contribution in [3.8, 4) is 11.5 Å². The van der Waals surface area contributed by atoms with E-state index in [0.717, 1.165) is 34.2 Å². The van der Waals surface area contributed by atoms with Gasteiger partial charge < -0.3 is 34.3 Å². The number of alkyl halides is 3. The molecule has 0 saturated heterocycles. The van der Waals surface area contributed by atoms with Crippen LogP contribution in [0.5, 0.6) is 11.5 Å². The molecule has 0 aliphatic rings. The predicted molar refractivity (Wildman–Crippen MR) is 161 cm³/mol. The number of aromatic amines is 1. The zero-order valence-corrected chi connectivity index (χ0v) is 24.7. The van der Waals surface area contributed by atoms with Crippen LogP contribution in [-0.2, 0) is 28.7 Å². The zero-order valence-electron chi connectivity index (χ0n) is 24.7. The number of amides is 3. The van der Waals surface area contributed by atoms with Crippen LogP contribution in [0, 0.1) is 0 Å². The number of para-hydroxylation sites is 1. The summed E-state index contributed by atoms with van der Waals surface area (Å²) in [5.41, 5.74) is 2.17. The first kappa shape index (κ1) is 32.2. The molecular weight excluding hydrogens is 577 g/mol. The van der Waals surface area contributed by atoms with Gasteiger partial charge in [0.25, 0.3) is 0 Å². The fourth-order valence-electron chi connectivity index (χ4n) is 4.75. The number of carbonyl (C=O) groups is 2. The molecule has 1 aromatic heterocycles. The van der Waals surface area contributed by atoms with Crippen molar-refractivity contribution in [3.05, 3.63) is 89.6 Å². The monoisotopic (exact) mass is 612 g/mol. The maximum atomic E-state index is 13.8. The first-order chi connectivity index (χ1) is 21.1. The molecule has 0 saturated carbocycles. The molecule has 0 bridgehead atoms. The van der Waals surface area contributed by atoms with Crippen LogP contribution in [0.25, 0.3) is 10.9 Å². The molecule has 0 radical (unpaired) electrons. The summed E-state index contributed by atoms with van der Waals surface area (Å²) in [6, 6.07) is 16.8. The third-order valence-corrected chi connectivity index (χ3v) is 7.14. The second kappa shape index (κ2) is 14.6. The van der Waals surface area contributed by atoms with Crippen LogP contribution in [0.1, 0.15) is 16.7 Å². The number of carbonyl (C=O) groups excluding carboxylic acids is 2. The molecule has 234 valence electrons. The van der Waals surface area contributed by atoms with Gasteiger partial charge in [-0.05, 0) is 60.0 Å². The topological polar surface area (TPSA) is 96.1 Å². The van der Waals surface area contributed by atoms with Gasteiger partial charge in [0, 0.05) is 49.5 Å². The lowest BCUT2D eigenvalue weighted by molar-refractivity contribution is -0.137. The fourth-order valence-corrected chi connectivity index (χ4v) is 4.75. The van der Waals surface area contributed by atoms with Crippen molar-refractivity contribution in [1.82, 2.24) is 14.8 Å². The molecule has 9 nitrogen and oxygen atoms in total. The molecule has 0 aliphatic carbocycles. The van der Waals surface area contributed by atoms with Crippen LogP contribution in [-0.4, -0.2) is 74.3 Å². The SMILES string of the molecule is COCCN(CC(=O)N(CCc1c[nH]c2ccccc12)Cc1ccc(OC)c(OC)c1)C(=O)Nc1ccc(C(F)(F)F)cc1. The van der Waals surface area contributed by atoms with Crippen molar-refractivity contribution in [3.63, 3.8) is 0 Å². The lowest BCUT2D eigenvalue weighted by Crippen LogP contribution is -2.46. The van der Waals surface area contributed by atoms with Gasteiger partial charge in [-0.2, -0.15) is 13.2 Å². The number of hydrogen-bond donors (Lipinski definition) is 2. The molecule has 2 N–H and O–H groups in total. The summed E-state index contributed by atoms with van der Waals surface area (Å²) in [6.45, 7) is 0.547. The van der Waals surface area contributed by atoms with Gasteiger partial charge in [0.2, 0.25) is 5.91 Å². The molecular formula is C32H35F3N4O5. The number of urea groups is 1. The summed E-state index contributed by atoms with van der Waals surface area (Å²) in [5, 5.41) is 3.64. The van der Waals surface area contributed by atoms with E-state index in [1.807, 2.05) is 36.5 Å². The number of nitrogens with one attached hydrogen (secondary N) is 2. The van der Waals surface area contributed by atoms with E-state index in [1.54, 1.807) is 24.1 Å². The lowest BCUT2D eigenvalue weighted by atomic mass is 10.1. The van der Waals surface area contributed by atoms with Gasteiger partial charge in [0.05, 0.1) is 26.4 Å². The molecule has 0 spiro atoms. The second-order valence-corrected chi connectivity index (χ2v) is 10.0. The maximum absolute atomic E-state index is 13.8. The number of ether oxygens (including phenoxy) is 3. The number of hydrogen-bond acceptors (Lipinski definition) is 5. The van der Waals surface area contributed by atoms with Gasteiger partial charge in [-0.25, -0.2) is 4.79 Å². The Hall–Kier alpha value is -4.71. The Kier molecular flexibility index (Phi) is 10.7. The van der Waals surface area contributed by atoms with E-state index in [4.69, 9.17) is 14.2 Å². The molecule has 3 amide bonds. The summed E-state index contributed by atoms with van der Waals surface area (Å²) in [6.07, 6.45) is -2.02. The van der Waals surface area contributed by atoms with Crippen LogP contribution in [0.3, 0.4) is 0 Å². The van der Waals surface area contributed by atoms with E-state index >= 15 is 0 Å².